The largest absolute Gasteiger partial charge is 0.459 e. The highest BCUT2D eigenvalue weighted by Gasteiger charge is 2.27. The highest BCUT2D eigenvalue weighted by atomic mass is 16.6. The van der Waals surface area contributed by atoms with E-state index >= 15 is 0 Å². The standard InChI is InChI=1S/C9H16O3/c1-9(2,3)8(10)12-7-4-5-11-6-7/h7H,4-6H2,1-3H3. The second kappa shape index (κ2) is 3.44. The Labute approximate surface area is 73.0 Å². The van der Waals surface area contributed by atoms with Crippen LogP contribution >= 0.6 is 0 Å². The average molecular weight is 172 g/mol. The van der Waals surface area contributed by atoms with Crippen LogP contribution in [0.3, 0.4) is 0 Å². The minimum atomic E-state index is -0.400. The van der Waals surface area contributed by atoms with Crippen molar-refractivity contribution in [2.24, 2.45) is 5.41 Å². The first-order chi connectivity index (χ1) is 5.50. The summed E-state index contributed by atoms with van der Waals surface area (Å²) in [6, 6.07) is 0. The Morgan fingerprint density at radius 1 is 1.50 bits per heavy atom. The molecule has 0 aromatic carbocycles. The van der Waals surface area contributed by atoms with E-state index in [0.29, 0.717) is 13.2 Å². The molecular formula is C9H16O3. The quantitative estimate of drug-likeness (QED) is 0.560. The predicted molar refractivity (Wildman–Crippen MR) is 44.8 cm³/mol. The summed E-state index contributed by atoms with van der Waals surface area (Å²) >= 11 is 0. The number of carbonyl (C=O) groups is 1. The fourth-order valence-corrected chi connectivity index (χ4v) is 0.934. The van der Waals surface area contributed by atoms with Gasteiger partial charge >= 0.3 is 5.97 Å². The molecule has 0 N–H and O–H groups in total. The van der Waals surface area contributed by atoms with Gasteiger partial charge in [-0.1, -0.05) is 0 Å². The Morgan fingerprint density at radius 3 is 2.58 bits per heavy atom. The normalized spacial score (nSPS) is 24.1. The average Bonchev–Trinajstić information content (AvgIpc) is 2.37. The molecule has 0 saturated carbocycles. The van der Waals surface area contributed by atoms with Crippen LogP contribution in [0.4, 0.5) is 0 Å². The van der Waals surface area contributed by atoms with Crippen molar-refractivity contribution in [2.75, 3.05) is 13.2 Å². The molecule has 70 valence electrons. The third-order valence-electron chi connectivity index (χ3n) is 1.77. The maximum Gasteiger partial charge on any atom is 0.311 e. The predicted octanol–water partition coefficient (Wildman–Crippen LogP) is 1.36. The Bertz CT molecular complexity index is 163. The van der Waals surface area contributed by atoms with Crippen LogP contribution in [-0.4, -0.2) is 25.3 Å². The Morgan fingerprint density at radius 2 is 2.17 bits per heavy atom. The summed E-state index contributed by atoms with van der Waals surface area (Å²) in [7, 11) is 0. The molecule has 0 amide bonds. The molecule has 0 spiro atoms. The lowest BCUT2D eigenvalue weighted by Gasteiger charge is -2.19. The van der Waals surface area contributed by atoms with Crippen LogP contribution in [0.5, 0.6) is 0 Å². The van der Waals surface area contributed by atoms with Crippen molar-refractivity contribution < 1.29 is 14.3 Å². The molecule has 0 aromatic rings. The first-order valence-electron chi connectivity index (χ1n) is 4.29. The molecule has 1 aliphatic rings. The zero-order chi connectivity index (χ0) is 9.19. The summed E-state index contributed by atoms with van der Waals surface area (Å²) in [5.74, 6) is -0.141. The maximum atomic E-state index is 11.3. The zero-order valence-corrected chi connectivity index (χ0v) is 7.92. The highest BCUT2D eigenvalue weighted by Crippen LogP contribution is 2.18. The van der Waals surface area contributed by atoms with Gasteiger partial charge in [0.15, 0.2) is 0 Å². The minimum Gasteiger partial charge on any atom is -0.459 e. The van der Waals surface area contributed by atoms with E-state index in [-0.39, 0.29) is 12.1 Å². The lowest BCUT2D eigenvalue weighted by molar-refractivity contribution is -0.158. The summed E-state index contributed by atoms with van der Waals surface area (Å²) in [6.07, 6.45) is 0.818. The van der Waals surface area contributed by atoms with Crippen LogP contribution in [0.2, 0.25) is 0 Å². The number of carbonyl (C=O) groups excluding carboxylic acids is 1. The molecule has 0 aliphatic carbocycles. The summed E-state index contributed by atoms with van der Waals surface area (Å²) in [4.78, 5) is 11.3. The van der Waals surface area contributed by atoms with E-state index in [1.807, 2.05) is 20.8 Å². The Kier molecular flexibility index (Phi) is 2.73. The van der Waals surface area contributed by atoms with E-state index in [0.717, 1.165) is 6.42 Å². The van der Waals surface area contributed by atoms with Crippen LogP contribution in [0.15, 0.2) is 0 Å². The van der Waals surface area contributed by atoms with E-state index in [2.05, 4.69) is 0 Å². The fraction of sp³-hybridized carbons (Fsp3) is 0.889. The second-order valence-corrected chi connectivity index (χ2v) is 4.14. The fourth-order valence-electron chi connectivity index (χ4n) is 0.934. The van der Waals surface area contributed by atoms with Crippen LogP contribution in [0.25, 0.3) is 0 Å². The Balaban J connectivity index is 2.35. The summed E-state index contributed by atoms with van der Waals surface area (Å²) in [5, 5.41) is 0. The molecule has 1 fully saturated rings. The van der Waals surface area contributed by atoms with Crippen molar-refractivity contribution in [3.05, 3.63) is 0 Å². The van der Waals surface area contributed by atoms with E-state index in [9.17, 15) is 4.79 Å². The number of ether oxygens (including phenoxy) is 2. The molecular weight excluding hydrogens is 156 g/mol. The van der Waals surface area contributed by atoms with Crippen molar-refractivity contribution in [3.63, 3.8) is 0 Å². The number of hydrogen-bond donors (Lipinski definition) is 0. The molecule has 1 aliphatic heterocycles. The second-order valence-electron chi connectivity index (χ2n) is 4.14. The molecule has 1 saturated heterocycles. The molecule has 3 nitrogen and oxygen atoms in total. The first kappa shape index (κ1) is 9.52. The van der Waals surface area contributed by atoms with Gasteiger partial charge in [-0.25, -0.2) is 0 Å². The summed E-state index contributed by atoms with van der Waals surface area (Å²) in [5.41, 5.74) is -0.400. The van der Waals surface area contributed by atoms with Gasteiger partial charge in [0.2, 0.25) is 0 Å². The molecule has 1 heterocycles. The van der Waals surface area contributed by atoms with Crippen LogP contribution < -0.4 is 0 Å². The number of esters is 1. The third-order valence-corrected chi connectivity index (χ3v) is 1.77. The van der Waals surface area contributed by atoms with E-state index in [1.165, 1.54) is 0 Å². The monoisotopic (exact) mass is 172 g/mol. The first-order valence-corrected chi connectivity index (χ1v) is 4.29. The van der Waals surface area contributed by atoms with Crippen molar-refractivity contribution in [1.29, 1.82) is 0 Å². The van der Waals surface area contributed by atoms with Gasteiger partial charge in [0.1, 0.15) is 6.10 Å². The van der Waals surface area contributed by atoms with Crippen LogP contribution in [0.1, 0.15) is 27.2 Å². The summed E-state index contributed by atoms with van der Waals surface area (Å²) < 4.78 is 10.3. The van der Waals surface area contributed by atoms with Crippen molar-refractivity contribution in [1.82, 2.24) is 0 Å². The molecule has 0 aromatic heterocycles. The van der Waals surface area contributed by atoms with Crippen LogP contribution in [-0.2, 0) is 14.3 Å². The minimum absolute atomic E-state index is 0.0169. The van der Waals surface area contributed by atoms with Gasteiger partial charge in [0.05, 0.1) is 18.6 Å². The smallest absolute Gasteiger partial charge is 0.311 e. The van der Waals surface area contributed by atoms with Gasteiger partial charge < -0.3 is 9.47 Å². The number of rotatable bonds is 1. The van der Waals surface area contributed by atoms with E-state index in [1.54, 1.807) is 0 Å². The molecule has 3 heteroatoms. The van der Waals surface area contributed by atoms with Crippen molar-refractivity contribution >= 4 is 5.97 Å². The van der Waals surface area contributed by atoms with E-state index < -0.39 is 5.41 Å². The van der Waals surface area contributed by atoms with Gasteiger partial charge in [-0.2, -0.15) is 0 Å². The lowest BCUT2D eigenvalue weighted by atomic mass is 9.97. The van der Waals surface area contributed by atoms with Gasteiger partial charge in [-0.05, 0) is 20.8 Å². The lowest BCUT2D eigenvalue weighted by Crippen LogP contribution is -2.28. The Hall–Kier alpha value is -0.570. The highest BCUT2D eigenvalue weighted by molar-refractivity contribution is 5.75. The molecule has 12 heavy (non-hydrogen) atoms. The van der Waals surface area contributed by atoms with Gasteiger partial charge in [-0.3, -0.25) is 4.79 Å². The zero-order valence-electron chi connectivity index (χ0n) is 7.92. The third kappa shape index (κ3) is 2.48. The van der Waals surface area contributed by atoms with E-state index in [4.69, 9.17) is 9.47 Å². The molecule has 0 radical (unpaired) electrons. The van der Waals surface area contributed by atoms with Crippen molar-refractivity contribution in [3.8, 4) is 0 Å². The van der Waals surface area contributed by atoms with Crippen LogP contribution in [0, 0.1) is 5.41 Å². The van der Waals surface area contributed by atoms with Gasteiger partial charge in [-0.15, -0.1) is 0 Å². The SMILES string of the molecule is CC(C)(C)C(=O)OC1CCOC1. The molecule has 1 atom stereocenters. The molecule has 0 bridgehead atoms. The van der Waals surface area contributed by atoms with Gasteiger partial charge in [0, 0.05) is 6.42 Å². The summed E-state index contributed by atoms with van der Waals surface area (Å²) in [6.45, 7) is 6.82. The topological polar surface area (TPSA) is 35.5 Å². The maximum absolute atomic E-state index is 11.3. The van der Waals surface area contributed by atoms with Crippen molar-refractivity contribution in [2.45, 2.75) is 33.3 Å². The van der Waals surface area contributed by atoms with Gasteiger partial charge in [0.25, 0.3) is 0 Å². The molecule has 1 rings (SSSR count). The number of hydrogen-bond acceptors (Lipinski definition) is 3. The molecule has 1 unspecified atom stereocenters.